The number of hydrogen-bond acceptors (Lipinski definition) is 5. The molecule has 10 heteroatoms. The second kappa shape index (κ2) is 7.32. The molecule has 152 valence electrons. The Labute approximate surface area is 166 Å². The van der Waals surface area contributed by atoms with Crippen molar-refractivity contribution in [1.29, 1.82) is 0 Å². The van der Waals surface area contributed by atoms with Crippen molar-refractivity contribution >= 4 is 34.2 Å². The summed E-state index contributed by atoms with van der Waals surface area (Å²) in [6, 6.07) is 5.49. The quantitative estimate of drug-likeness (QED) is 0.426. The van der Waals surface area contributed by atoms with E-state index in [1.165, 1.54) is 25.1 Å². The van der Waals surface area contributed by atoms with E-state index in [0.29, 0.717) is 17.0 Å². The van der Waals surface area contributed by atoms with E-state index < -0.39 is 46.2 Å². The molecule has 0 spiro atoms. The molecule has 3 N–H and O–H groups in total. The zero-order chi connectivity index (χ0) is 21.5. The van der Waals surface area contributed by atoms with Gasteiger partial charge < -0.3 is 19.9 Å². The van der Waals surface area contributed by atoms with Gasteiger partial charge in [0.15, 0.2) is 11.3 Å². The highest BCUT2D eigenvalue weighted by Gasteiger charge is 2.33. The van der Waals surface area contributed by atoms with Crippen molar-refractivity contribution < 1.29 is 32.6 Å². The van der Waals surface area contributed by atoms with Gasteiger partial charge in [0.25, 0.3) is 0 Å². The second-order valence-corrected chi connectivity index (χ2v) is 6.63. The number of aryl methyl sites for hydroxylation is 1. The predicted octanol–water partition coefficient (Wildman–Crippen LogP) is 4.37. The van der Waals surface area contributed by atoms with Gasteiger partial charge in [-0.1, -0.05) is 11.6 Å². The number of carbonyl (C=O) groups excluding carboxylic acids is 1. The topological polar surface area (TPSA) is 99.8 Å². The largest absolute Gasteiger partial charge is 0.504 e. The van der Waals surface area contributed by atoms with Crippen LogP contribution in [0, 0.1) is 6.92 Å². The number of alkyl halides is 3. The van der Waals surface area contributed by atoms with Crippen LogP contribution in [-0.2, 0) is 17.4 Å². The van der Waals surface area contributed by atoms with Crippen LogP contribution in [0.5, 0.6) is 11.5 Å². The van der Waals surface area contributed by atoms with Gasteiger partial charge in [0, 0.05) is 11.1 Å². The number of aromatic hydroxyl groups is 2. The minimum atomic E-state index is -4.69. The SMILES string of the molecule is Cc1c(CC(=O)Nc2ccc(Cl)c(C(F)(F)F)c2)c(=O)oc2c(O)c(O)ccc12. The van der Waals surface area contributed by atoms with Gasteiger partial charge in [0.05, 0.1) is 22.6 Å². The zero-order valence-corrected chi connectivity index (χ0v) is 15.5. The lowest BCUT2D eigenvalue weighted by molar-refractivity contribution is -0.137. The van der Waals surface area contributed by atoms with Crippen LogP contribution in [0.2, 0.25) is 5.02 Å². The molecule has 0 unspecified atom stereocenters. The fourth-order valence-electron chi connectivity index (χ4n) is 2.82. The first-order chi connectivity index (χ1) is 13.5. The third-order valence-corrected chi connectivity index (χ3v) is 4.63. The van der Waals surface area contributed by atoms with E-state index in [9.17, 15) is 33.0 Å². The van der Waals surface area contributed by atoms with Gasteiger partial charge in [-0.3, -0.25) is 4.79 Å². The number of phenolic OH excluding ortho intramolecular Hbond substituents is 2. The molecule has 0 saturated heterocycles. The van der Waals surface area contributed by atoms with Gasteiger partial charge >= 0.3 is 11.8 Å². The Morgan fingerprint density at radius 2 is 1.90 bits per heavy atom. The molecule has 1 amide bonds. The molecule has 1 heterocycles. The first-order valence-corrected chi connectivity index (χ1v) is 8.50. The number of hydrogen-bond donors (Lipinski definition) is 3. The Bertz CT molecular complexity index is 1190. The zero-order valence-electron chi connectivity index (χ0n) is 14.7. The summed E-state index contributed by atoms with van der Waals surface area (Å²) in [5.74, 6) is -1.84. The molecule has 2 aromatic carbocycles. The summed E-state index contributed by atoms with van der Waals surface area (Å²) in [6.45, 7) is 1.52. The van der Waals surface area contributed by atoms with Crippen molar-refractivity contribution in [2.75, 3.05) is 5.32 Å². The number of rotatable bonds is 3. The minimum Gasteiger partial charge on any atom is -0.504 e. The molecule has 3 rings (SSSR count). The molecule has 1 aromatic heterocycles. The normalized spacial score (nSPS) is 11.6. The number of anilines is 1. The minimum absolute atomic E-state index is 0.0369. The standard InChI is InChI=1S/C19H13ClF3NO5/c1-8-10-3-5-14(25)16(27)17(10)29-18(28)11(8)7-15(26)24-9-2-4-13(20)12(6-9)19(21,22)23/h2-6,25,27H,7H2,1H3,(H,24,26). The van der Waals surface area contributed by atoms with Crippen LogP contribution in [0.25, 0.3) is 11.0 Å². The van der Waals surface area contributed by atoms with Gasteiger partial charge in [-0.05, 0) is 42.8 Å². The second-order valence-electron chi connectivity index (χ2n) is 6.22. The highest BCUT2D eigenvalue weighted by molar-refractivity contribution is 6.31. The van der Waals surface area contributed by atoms with E-state index in [-0.39, 0.29) is 16.8 Å². The number of phenols is 2. The highest BCUT2D eigenvalue weighted by Crippen LogP contribution is 2.36. The molecular weight excluding hydrogens is 415 g/mol. The van der Waals surface area contributed by atoms with E-state index in [2.05, 4.69) is 5.32 Å². The van der Waals surface area contributed by atoms with Crippen LogP contribution in [0.4, 0.5) is 18.9 Å². The molecule has 6 nitrogen and oxygen atoms in total. The Kier molecular flexibility index (Phi) is 5.18. The lowest BCUT2D eigenvalue weighted by Gasteiger charge is -2.12. The Hall–Kier alpha value is -3.20. The van der Waals surface area contributed by atoms with Gasteiger partial charge in [-0.15, -0.1) is 0 Å². The van der Waals surface area contributed by atoms with E-state index in [1.54, 1.807) is 0 Å². The molecule has 29 heavy (non-hydrogen) atoms. The molecule has 0 aliphatic heterocycles. The number of carbonyl (C=O) groups is 1. The van der Waals surface area contributed by atoms with Crippen LogP contribution in [0.3, 0.4) is 0 Å². The van der Waals surface area contributed by atoms with Gasteiger partial charge in [0.1, 0.15) is 0 Å². The molecule has 0 saturated carbocycles. The molecule has 0 radical (unpaired) electrons. The van der Waals surface area contributed by atoms with Gasteiger partial charge in [-0.2, -0.15) is 13.2 Å². The molecule has 0 aliphatic carbocycles. The number of amides is 1. The van der Waals surface area contributed by atoms with Gasteiger partial charge in [0.2, 0.25) is 11.7 Å². The third-order valence-electron chi connectivity index (χ3n) is 4.30. The van der Waals surface area contributed by atoms with Crippen molar-refractivity contribution in [3.63, 3.8) is 0 Å². The monoisotopic (exact) mass is 427 g/mol. The molecule has 0 fully saturated rings. The first-order valence-electron chi connectivity index (χ1n) is 8.13. The lowest BCUT2D eigenvalue weighted by Crippen LogP contribution is -2.21. The third kappa shape index (κ3) is 4.00. The number of nitrogens with one attached hydrogen (secondary N) is 1. The lowest BCUT2D eigenvalue weighted by atomic mass is 10.0. The van der Waals surface area contributed by atoms with E-state index in [1.807, 2.05) is 0 Å². The Balaban J connectivity index is 1.91. The highest BCUT2D eigenvalue weighted by atomic mass is 35.5. The van der Waals surface area contributed by atoms with Crippen molar-refractivity contribution in [3.05, 3.63) is 62.5 Å². The van der Waals surface area contributed by atoms with Gasteiger partial charge in [-0.25, -0.2) is 4.79 Å². The van der Waals surface area contributed by atoms with Crippen LogP contribution in [0.1, 0.15) is 16.7 Å². The summed E-state index contributed by atoms with van der Waals surface area (Å²) in [5, 5.41) is 21.4. The fourth-order valence-corrected chi connectivity index (χ4v) is 3.04. The number of halogens is 4. The van der Waals surface area contributed by atoms with Crippen LogP contribution >= 0.6 is 11.6 Å². The molecule has 0 aliphatic rings. The Morgan fingerprint density at radius 1 is 1.21 bits per heavy atom. The average Bonchev–Trinajstić information content (AvgIpc) is 2.63. The van der Waals surface area contributed by atoms with Crippen molar-refractivity contribution in [2.45, 2.75) is 19.5 Å². The molecule has 3 aromatic rings. The molecular formula is C19H13ClF3NO5. The summed E-state index contributed by atoms with van der Waals surface area (Å²) < 4.78 is 43.8. The first kappa shape index (κ1) is 20.5. The van der Waals surface area contributed by atoms with Crippen LogP contribution in [0.15, 0.2) is 39.5 Å². The maximum absolute atomic E-state index is 12.9. The predicted molar refractivity (Wildman–Crippen MR) is 99.3 cm³/mol. The molecule has 0 bridgehead atoms. The summed E-state index contributed by atoms with van der Waals surface area (Å²) >= 11 is 5.54. The average molecular weight is 428 g/mol. The molecule has 0 atom stereocenters. The summed E-state index contributed by atoms with van der Waals surface area (Å²) in [4.78, 5) is 24.5. The van der Waals surface area contributed by atoms with Crippen molar-refractivity contribution in [1.82, 2.24) is 0 Å². The van der Waals surface area contributed by atoms with E-state index in [0.717, 1.165) is 6.07 Å². The van der Waals surface area contributed by atoms with Crippen LogP contribution < -0.4 is 10.9 Å². The summed E-state index contributed by atoms with van der Waals surface area (Å²) in [6.07, 6.45) is -5.17. The van der Waals surface area contributed by atoms with Crippen molar-refractivity contribution in [2.24, 2.45) is 0 Å². The van der Waals surface area contributed by atoms with E-state index >= 15 is 0 Å². The fraction of sp³-hybridized carbons (Fsp3) is 0.158. The summed E-state index contributed by atoms with van der Waals surface area (Å²) in [5.41, 5.74) is -2.10. The van der Waals surface area contributed by atoms with E-state index in [4.69, 9.17) is 16.0 Å². The number of benzene rings is 2. The van der Waals surface area contributed by atoms with Crippen molar-refractivity contribution in [3.8, 4) is 11.5 Å². The summed E-state index contributed by atoms with van der Waals surface area (Å²) in [7, 11) is 0. The smallest absolute Gasteiger partial charge is 0.417 e. The number of fused-ring (bicyclic) bond motifs is 1. The Morgan fingerprint density at radius 3 is 2.55 bits per heavy atom. The maximum Gasteiger partial charge on any atom is 0.417 e. The maximum atomic E-state index is 12.9. The van der Waals surface area contributed by atoms with Crippen LogP contribution in [-0.4, -0.2) is 16.1 Å².